The van der Waals surface area contributed by atoms with Crippen LogP contribution in [0.3, 0.4) is 0 Å². The summed E-state index contributed by atoms with van der Waals surface area (Å²) in [7, 11) is 0. The number of carbonyl (C=O) groups is 2. The maximum atomic E-state index is 13.5. The van der Waals surface area contributed by atoms with Crippen molar-refractivity contribution >= 4 is 22.7 Å². The number of aryl methyl sites for hydroxylation is 1. The highest BCUT2D eigenvalue weighted by Crippen LogP contribution is 2.31. The second kappa shape index (κ2) is 9.57. The molecule has 6 nitrogen and oxygen atoms in total. The van der Waals surface area contributed by atoms with Gasteiger partial charge in [-0.25, -0.2) is 4.79 Å². The molecule has 2 aromatic carbocycles. The van der Waals surface area contributed by atoms with Gasteiger partial charge in [-0.1, -0.05) is 13.3 Å². The summed E-state index contributed by atoms with van der Waals surface area (Å²) >= 11 is 0. The Balaban J connectivity index is 1.67. The van der Waals surface area contributed by atoms with E-state index in [1.54, 1.807) is 56.3 Å². The van der Waals surface area contributed by atoms with Gasteiger partial charge in [0, 0.05) is 17.4 Å². The largest absolute Gasteiger partial charge is 0.491 e. The number of carbonyl (C=O) groups excluding carboxylic acids is 2. The van der Waals surface area contributed by atoms with Gasteiger partial charge in [-0.15, -0.1) is 0 Å². The summed E-state index contributed by atoms with van der Waals surface area (Å²) in [5.41, 5.74) is 2.03. The molecule has 4 rings (SSSR count). The topological polar surface area (TPSA) is 78.3 Å². The Hall–Kier alpha value is -3.12. The molecule has 0 saturated carbocycles. The first-order valence-corrected chi connectivity index (χ1v) is 11.1. The van der Waals surface area contributed by atoms with Crippen LogP contribution in [-0.2, 0) is 15.9 Å². The molecule has 0 radical (unpaired) electrons. The van der Waals surface area contributed by atoms with E-state index in [4.69, 9.17) is 18.6 Å². The van der Waals surface area contributed by atoms with Crippen molar-refractivity contribution in [1.82, 2.24) is 0 Å². The quantitative estimate of drug-likeness (QED) is 0.242. The smallest absolute Gasteiger partial charge is 0.338 e. The fraction of sp³-hybridized carbons (Fsp3) is 0.385. The molecule has 32 heavy (non-hydrogen) atoms. The fourth-order valence-corrected chi connectivity index (χ4v) is 3.52. The molecule has 0 bridgehead atoms. The van der Waals surface area contributed by atoms with Gasteiger partial charge in [0.05, 0.1) is 23.8 Å². The lowest BCUT2D eigenvalue weighted by Crippen LogP contribution is -2.11. The second-order valence-electron chi connectivity index (χ2n) is 8.29. The van der Waals surface area contributed by atoms with Crippen LogP contribution in [0.5, 0.6) is 5.75 Å². The van der Waals surface area contributed by atoms with Crippen molar-refractivity contribution in [3.8, 4) is 5.75 Å². The number of ether oxygens (including phenoxy) is 3. The number of ketones is 1. The Labute approximate surface area is 187 Å². The van der Waals surface area contributed by atoms with Gasteiger partial charge in [-0.05, 0) is 62.7 Å². The van der Waals surface area contributed by atoms with Gasteiger partial charge in [0.1, 0.15) is 29.8 Å². The van der Waals surface area contributed by atoms with Crippen LogP contribution in [0.2, 0.25) is 0 Å². The van der Waals surface area contributed by atoms with E-state index in [1.165, 1.54) is 0 Å². The Kier molecular flexibility index (Phi) is 6.61. The van der Waals surface area contributed by atoms with Crippen LogP contribution in [0, 0.1) is 0 Å². The van der Waals surface area contributed by atoms with Crippen molar-refractivity contribution in [2.45, 2.75) is 52.2 Å². The lowest BCUT2D eigenvalue weighted by molar-refractivity contribution is 0.0378. The van der Waals surface area contributed by atoms with Gasteiger partial charge >= 0.3 is 5.97 Å². The lowest BCUT2D eigenvalue weighted by atomic mass is 9.97. The highest BCUT2D eigenvalue weighted by Gasteiger charge is 2.25. The van der Waals surface area contributed by atoms with Crippen molar-refractivity contribution in [2.24, 2.45) is 0 Å². The van der Waals surface area contributed by atoms with E-state index in [-0.39, 0.29) is 18.0 Å². The predicted molar refractivity (Wildman–Crippen MR) is 120 cm³/mol. The Morgan fingerprint density at radius 3 is 2.47 bits per heavy atom. The molecule has 1 aliphatic heterocycles. The highest BCUT2D eigenvalue weighted by atomic mass is 16.6. The molecule has 2 heterocycles. The number of epoxide rings is 1. The van der Waals surface area contributed by atoms with E-state index in [1.807, 2.05) is 0 Å². The number of hydrogen-bond acceptors (Lipinski definition) is 6. The number of fused-ring (bicyclic) bond motifs is 1. The summed E-state index contributed by atoms with van der Waals surface area (Å²) in [6, 6.07) is 12.2. The van der Waals surface area contributed by atoms with Gasteiger partial charge in [0.25, 0.3) is 0 Å². The zero-order valence-corrected chi connectivity index (χ0v) is 18.7. The van der Waals surface area contributed by atoms with Crippen LogP contribution in [0.1, 0.15) is 65.7 Å². The van der Waals surface area contributed by atoms with E-state index >= 15 is 0 Å². The van der Waals surface area contributed by atoms with Crippen LogP contribution in [0.15, 0.2) is 46.9 Å². The maximum Gasteiger partial charge on any atom is 0.338 e. The monoisotopic (exact) mass is 436 g/mol. The van der Waals surface area contributed by atoms with Gasteiger partial charge in [0.15, 0.2) is 5.78 Å². The van der Waals surface area contributed by atoms with Crippen molar-refractivity contribution in [3.05, 3.63) is 64.9 Å². The molecule has 1 unspecified atom stereocenters. The van der Waals surface area contributed by atoms with Gasteiger partial charge < -0.3 is 18.6 Å². The first-order chi connectivity index (χ1) is 15.5. The Morgan fingerprint density at radius 1 is 1.09 bits per heavy atom. The third-order valence-electron chi connectivity index (χ3n) is 5.28. The first kappa shape index (κ1) is 22.1. The van der Waals surface area contributed by atoms with Gasteiger partial charge in [0.2, 0.25) is 0 Å². The molecule has 168 valence electrons. The van der Waals surface area contributed by atoms with Crippen molar-refractivity contribution in [2.75, 3.05) is 13.2 Å². The van der Waals surface area contributed by atoms with Crippen molar-refractivity contribution in [1.29, 1.82) is 0 Å². The molecule has 0 aliphatic carbocycles. The Bertz CT molecular complexity index is 1110. The number of rotatable bonds is 10. The fourth-order valence-electron chi connectivity index (χ4n) is 3.52. The standard InChI is InChI=1S/C26H28O6/c1-4-5-6-23-24(21-13-18(9-12-22(21)32-23)26(28)31-16(2)3)25(27)17-7-10-19(11-8-17)29-14-20-15-30-20/h7-13,16,20H,4-6,14-15H2,1-3H3. The lowest BCUT2D eigenvalue weighted by Gasteiger charge is -2.08. The van der Waals surface area contributed by atoms with E-state index in [0.29, 0.717) is 52.2 Å². The second-order valence-corrected chi connectivity index (χ2v) is 8.29. The molecule has 1 atom stereocenters. The zero-order valence-electron chi connectivity index (χ0n) is 18.7. The number of hydrogen-bond donors (Lipinski definition) is 0. The summed E-state index contributed by atoms with van der Waals surface area (Å²) in [4.78, 5) is 25.9. The van der Waals surface area contributed by atoms with Crippen molar-refractivity contribution in [3.63, 3.8) is 0 Å². The third kappa shape index (κ3) is 5.02. The SMILES string of the molecule is CCCCc1oc2ccc(C(=O)OC(C)C)cc2c1C(=O)c1ccc(OCC2CO2)cc1. The van der Waals surface area contributed by atoms with Crippen LogP contribution in [-0.4, -0.2) is 37.2 Å². The maximum absolute atomic E-state index is 13.5. The van der Waals surface area contributed by atoms with Crippen LogP contribution in [0.25, 0.3) is 11.0 Å². The normalized spacial score (nSPS) is 15.2. The average molecular weight is 437 g/mol. The minimum atomic E-state index is -0.419. The number of unbranched alkanes of at least 4 members (excludes halogenated alkanes) is 1. The summed E-state index contributed by atoms with van der Waals surface area (Å²) in [6.45, 7) is 6.94. The minimum absolute atomic E-state index is 0.138. The van der Waals surface area contributed by atoms with E-state index in [9.17, 15) is 9.59 Å². The van der Waals surface area contributed by atoms with Crippen molar-refractivity contribution < 1.29 is 28.2 Å². The third-order valence-corrected chi connectivity index (χ3v) is 5.28. The molecule has 1 fully saturated rings. The molecule has 0 amide bonds. The average Bonchev–Trinajstić information content (AvgIpc) is 3.54. The number of esters is 1. The summed E-state index contributed by atoms with van der Waals surface area (Å²) < 4.78 is 22.2. The summed E-state index contributed by atoms with van der Waals surface area (Å²) in [6.07, 6.45) is 2.48. The molecule has 0 spiro atoms. The number of benzene rings is 2. The summed E-state index contributed by atoms with van der Waals surface area (Å²) in [5, 5.41) is 0.630. The molecular formula is C26H28O6. The predicted octanol–water partition coefficient (Wildman–Crippen LogP) is 5.35. The zero-order chi connectivity index (χ0) is 22.7. The molecule has 6 heteroatoms. The van der Waals surface area contributed by atoms with Crippen LogP contribution < -0.4 is 4.74 Å². The van der Waals surface area contributed by atoms with Crippen LogP contribution >= 0.6 is 0 Å². The molecule has 1 aliphatic rings. The van der Waals surface area contributed by atoms with Crippen LogP contribution in [0.4, 0.5) is 0 Å². The van der Waals surface area contributed by atoms with E-state index in [2.05, 4.69) is 6.92 Å². The minimum Gasteiger partial charge on any atom is -0.491 e. The Morgan fingerprint density at radius 2 is 1.81 bits per heavy atom. The van der Waals surface area contributed by atoms with Gasteiger partial charge in [-0.2, -0.15) is 0 Å². The number of furan rings is 1. The molecule has 1 aromatic heterocycles. The van der Waals surface area contributed by atoms with Gasteiger partial charge in [-0.3, -0.25) is 4.79 Å². The highest BCUT2D eigenvalue weighted by molar-refractivity contribution is 6.17. The molecular weight excluding hydrogens is 408 g/mol. The summed E-state index contributed by atoms with van der Waals surface area (Å²) in [5.74, 6) is 0.783. The molecule has 1 saturated heterocycles. The van der Waals surface area contributed by atoms with E-state index < -0.39 is 5.97 Å². The first-order valence-electron chi connectivity index (χ1n) is 11.1. The van der Waals surface area contributed by atoms with E-state index in [0.717, 1.165) is 19.4 Å². The molecule has 0 N–H and O–H groups in total. The molecule has 3 aromatic rings.